The molecule has 1 heterocycles. The van der Waals surface area contributed by atoms with Crippen LogP contribution in [-0.2, 0) is 22.7 Å². The largest absolute Gasteiger partial charge is 0.478 e. The Hall–Kier alpha value is -3.03. The van der Waals surface area contributed by atoms with Gasteiger partial charge in [0.2, 0.25) is 5.91 Å². The van der Waals surface area contributed by atoms with Crippen molar-refractivity contribution >= 4 is 18.0 Å². The van der Waals surface area contributed by atoms with Gasteiger partial charge in [0.1, 0.15) is 12.9 Å². The molecule has 0 spiro atoms. The number of carboxylic acid groups (broad SMARTS) is 1. The summed E-state index contributed by atoms with van der Waals surface area (Å²) in [5.74, 6) is -1.22. The summed E-state index contributed by atoms with van der Waals surface area (Å²) >= 11 is 0. The fourth-order valence-electron chi connectivity index (χ4n) is 1.63. The van der Waals surface area contributed by atoms with Crippen LogP contribution in [0.4, 0.5) is 0 Å². The zero-order valence-corrected chi connectivity index (χ0v) is 11.0. The van der Waals surface area contributed by atoms with E-state index in [9.17, 15) is 9.59 Å². The third kappa shape index (κ3) is 4.86. The smallest absolute Gasteiger partial charge is 0.328 e. The van der Waals surface area contributed by atoms with Crippen LogP contribution in [0.2, 0.25) is 0 Å². The monoisotopic (exact) mass is 287 g/mol. The summed E-state index contributed by atoms with van der Waals surface area (Å²) in [5, 5.41) is 21.8. The summed E-state index contributed by atoms with van der Waals surface area (Å²) in [6, 6.07) is 7.22. The first kappa shape index (κ1) is 14.4. The molecule has 0 saturated heterocycles. The minimum atomic E-state index is -1.00. The Balaban J connectivity index is 1.89. The van der Waals surface area contributed by atoms with Gasteiger partial charge in [-0.05, 0) is 33.7 Å². The molecule has 0 unspecified atom stereocenters. The topological polar surface area (TPSA) is 110 Å². The number of hydrogen-bond acceptors (Lipinski definition) is 5. The van der Waals surface area contributed by atoms with Gasteiger partial charge >= 0.3 is 5.97 Å². The lowest BCUT2D eigenvalue weighted by Crippen LogP contribution is -2.27. The number of amides is 1. The number of rotatable bonds is 6. The summed E-state index contributed by atoms with van der Waals surface area (Å²) in [5.41, 5.74) is 1.62. The number of hydrogen-bond donors (Lipinski definition) is 2. The first-order valence-electron chi connectivity index (χ1n) is 6.11. The van der Waals surface area contributed by atoms with E-state index in [4.69, 9.17) is 5.11 Å². The molecule has 0 fully saturated rings. The highest BCUT2D eigenvalue weighted by molar-refractivity contribution is 5.85. The Morgan fingerprint density at radius 2 is 2.24 bits per heavy atom. The van der Waals surface area contributed by atoms with Crippen molar-refractivity contribution < 1.29 is 14.7 Å². The Morgan fingerprint density at radius 3 is 2.95 bits per heavy atom. The molecule has 21 heavy (non-hydrogen) atoms. The molecule has 1 amide bonds. The third-order valence-electron chi connectivity index (χ3n) is 2.56. The van der Waals surface area contributed by atoms with Gasteiger partial charge in [-0.25, -0.2) is 9.48 Å². The SMILES string of the molecule is O=C(O)C=Cc1cccc(CNC(=O)Cn2cnnn2)c1. The molecule has 2 N–H and O–H groups in total. The van der Waals surface area contributed by atoms with Crippen LogP contribution in [-0.4, -0.2) is 37.2 Å². The lowest BCUT2D eigenvalue weighted by Gasteiger charge is -2.05. The predicted molar refractivity (Wildman–Crippen MR) is 72.8 cm³/mol. The summed E-state index contributed by atoms with van der Waals surface area (Å²) in [6.45, 7) is 0.390. The predicted octanol–water partition coefficient (Wildman–Crippen LogP) is 0.0873. The third-order valence-corrected chi connectivity index (χ3v) is 2.56. The standard InChI is InChI=1S/C13H13N5O3/c19-12(8-18-9-15-16-17-18)14-7-11-3-1-2-10(6-11)4-5-13(20)21/h1-6,9H,7-8H2,(H,14,19)(H,20,21). The minimum absolute atomic E-state index is 0.0472. The van der Waals surface area contributed by atoms with Crippen LogP contribution in [0.5, 0.6) is 0 Å². The lowest BCUT2D eigenvalue weighted by molar-refractivity contribution is -0.131. The average Bonchev–Trinajstić information content (AvgIpc) is 2.96. The van der Waals surface area contributed by atoms with Crippen LogP contribution in [0.3, 0.4) is 0 Å². The Morgan fingerprint density at radius 1 is 1.38 bits per heavy atom. The van der Waals surface area contributed by atoms with Gasteiger partial charge in [-0.15, -0.1) is 5.10 Å². The van der Waals surface area contributed by atoms with Gasteiger partial charge in [0.25, 0.3) is 0 Å². The molecule has 0 aliphatic rings. The molecule has 1 aromatic heterocycles. The zero-order chi connectivity index (χ0) is 15.1. The van der Waals surface area contributed by atoms with Crippen molar-refractivity contribution in [3.8, 4) is 0 Å². The number of carbonyl (C=O) groups is 2. The molecule has 0 aliphatic heterocycles. The number of nitrogens with zero attached hydrogens (tertiary/aromatic N) is 4. The zero-order valence-electron chi connectivity index (χ0n) is 11.0. The van der Waals surface area contributed by atoms with E-state index in [2.05, 4.69) is 20.8 Å². The Bertz CT molecular complexity index is 652. The molecule has 1 aromatic carbocycles. The number of carboxylic acids is 1. The molecule has 2 aromatic rings. The molecule has 2 rings (SSSR count). The maximum absolute atomic E-state index is 11.7. The van der Waals surface area contributed by atoms with E-state index in [1.807, 2.05) is 6.07 Å². The van der Waals surface area contributed by atoms with E-state index < -0.39 is 5.97 Å². The minimum Gasteiger partial charge on any atom is -0.478 e. The number of benzene rings is 1. The maximum Gasteiger partial charge on any atom is 0.328 e. The molecule has 0 saturated carbocycles. The number of tetrazole rings is 1. The normalized spacial score (nSPS) is 10.7. The van der Waals surface area contributed by atoms with Crippen LogP contribution in [0.15, 0.2) is 36.7 Å². The van der Waals surface area contributed by atoms with E-state index in [1.54, 1.807) is 18.2 Å². The van der Waals surface area contributed by atoms with E-state index in [0.29, 0.717) is 6.54 Å². The van der Waals surface area contributed by atoms with Gasteiger partial charge in [0, 0.05) is 12.6 Å². The molecule has 8 nitrogen and oxygen atoms in total. The van der Waals surface area contributed by atoms with Gasteiger partial charge in [0.15, 0.2) is 0 Å². The molecule has 8 heteroatoms. The molecular formula is C13H13N5O3. The number of nitrogens with one attached hydrogen (secondary N) is 1. The second-order valence-corrected chi connectivity index (χ2v) is 4.20. The number of aromatic nitrogens is 4. The quantitative estimate of drug-likeness (QED) is 0.728. The van der Waals surface area contributed by atoms with Crippen molar-refractivity contribution in [3.63, 3.8) is 0 Å². The number of aliphatic carboxylic acids is 1. The van der Waals surface area contributed by atoms with Gasteiger partial charge < -0.3 is 10.4 Å². The molecular weight excluding hydrogens is 274 g/mol. The molecule has 0 radical (unpaired) electrons. The highest BCUT2D eigenvalue weighted by Crippen LogP contribution is 2.07. The second-order valence-electron chi connectivity index (χ2n) is 4.20. The van der Waals surface area contributed by atoms with Crippen molar-refractivity contribution in [2.24, 2.45) is 0 Å². The van der Waals surface area contributed by atoms with Gasteiger partial charge in [-0.3, -0.25) is 4.79 Å². The van der Waals surface area contributed by atoms with Crippen molar-refractivity contribution in [2.45, 2.75) is 13.1 Å². The summed E-state index contributed by atoms with van der Waals surface area (Å²) < 4.78 is 1.32. The fourth-order valence-corrected chi connectivity index (χ4v) is 1.63. The van der Waals surface area contributed by atoms with Crippen LogP contribution in [0, 0.1) is 0 Å². The Labute approximate surface area is 120 Å². The van der Waals surface area contributed by atoms with Crippen molar-refractivity contribution in [2.75, 3.05) is 0 Å². The summed E-state index contributed by atoms with van der Waals surface area (Å²) in [7, 11) is 0. The first-order chi connectivity index (χ1) is 10.1. The fraction of sp³-hybridized carbons (Fsp3) is 0.154. The van der Waals surface area contributed by atoms with E-state index >= 15 is 0 Å². The molecule has 0 bridgehead atoms. The van der Waals surface area contributed by atoms with Crippen molar-refractivity contribution in [1.29, 1.82) is 0 Å². The van der Waals surface area contributed by atoms with Crippen molar-refractivity contribution in [3.05, 3.63) is 47.8 Å². The van der Waals surface area contributed by atoms with Crippen LogP contribution < -0.4 is 5.32 Å². The van der Waals surface area contributed by atoms with Crippen LogP contribution in [0.25, 0.3) is 6.08 Å². The first-order valence-corrected chi connectivity index (χ1v) is 6.11. The van der Waals surface area contributed by atoms with Crippen molar-refractivity contribution in [1.82, 2.24) is 25.5 Å². The van der Waals surface area contributed by atoms with E-state index in [1.165, 1.54) is 17.1 Å². The molecule has 0 aliphatic carbocycles. The van der Waals surface area contributed by atoms with Gasteiger partial charge in [-0.2, -0.15) is 0 Å². The molecule has 108 valence electrons. The average molecular weight is 287 g/mol. The highest BCUT2D eigenvalue weighted by atomic mass is 16.4. The maximum atomic E-state index is 11.7. The van der Waals surface area contributed by atoms with Gasteiger partial charge in [-0.1, -0.05) is 18.2 Å². The van der Waals surface area contributed by atoms with Gasteiger partial charge in [0.05, 0.1) is 0 Å². The second kappa shape index (κ2) is 6.94. The Kier molecular flexibility index (Phi) is 4.75. The van der Waals surface area contributed by atoms with E-state index in [0.717, 1.165) is 17.2 Å². The van der Waals surface area contributed by atoms with Crippen LogP contribution in [0.1, 0.15) is 11.1 Å². The lowest BCUT2D eigenvalue weighted by atomic mass is 10.1. The molecule has 0 atom stereocenters. The van der Waals surface area contributed by atoms with E-state index in [-0.39, 0.29) is 12.5 Å². The summed E-state index contributed by atoms with van der Waals surface area (Å²) in [4.78, 5) is 22.1. The number of carbonyl (C=O) groups excluding carboxylic acids is 1. The summed E-state index contributed by atoms with van der Waals surface area (Å²) in [6.07, 6.45) is 3.92. The van der Waals surface area contributed by atoms with Crippen LogP contribution >= 0.6 is 0 Å². The highest BCUT2D eigenvalue weighted by Gasteiger charge is 2.03.